The Morgan fingerprint density at radius 2 is 1.78 bits per heavy atom. The minimum atomic E-state index is -4.47. The van der Waals surface area contributed by atoms with Crippen LogP contribution in [0, 0.1) is 11.1 Å². The fourth-order valence-corrected chi connectivity index (χ4v) is 3.69. The van der Waals surface area contributed by atoms with E-state index in [-0.39, 0.29) is 12.5 Å². The molecule has 27 heavy (non-hydrogen) atoms. The summed E-state index contributed by atoms with van der Waals surface area (Å²) in [6.07, 6.45) is -0.223. The molecule has 2 aliphatic rings. The van der Waals surface area contributed by atoms with Crippen molar-refractivity contribution in [2.24, 2.45) is 5.92 Å². The number of rotatable bonds is 4. The average Bonchev–Trinajstić information content (AvgIpc) is 3.44. The second-order valence-corrected chi connectivity index (χ2v) is 7.02. The van der Waals surface area contributed by atoms with Gasteiger partial charge < -0.3 is 10.1 Å². The molecule has 0 N–H and O–H groups in total. The van der Waals surface area contributed by atoms with E-state index >= 15 is 0 Å². The van der Waals surface area contributed by atoms with Crippen molar-refractivity contribution < 1.29 is 22.7 Å². The third-order valence-electron chi connectivity index (χ3n) is 4.99. The Labute approximate surface area is 154 Å². The Kier molecular flexibility index (Phi) is 4.20. The number of carbonyl (C=O) groups is 1. The molecule has 1 atom stereocenters. The van der Waals surface area contributed by atoms with Crippen molar-refractivity contribution in [3.8, 4) is 0 Å². The summed E-state index contributed by atoms with van der Waals surface area (Å²) in [4.78, 5) is 15.4. The Hall–Kier alpha value is -2.77. The van der Waals surface area contributed by atoms with Gasteiger partial charge in [0.2, 0.25) is 0 Å². The van der Waals surface area contributed by atoms with Gasteiger partial charge in [-0.15, -0.1) is 0 Å². The van der Waals surface area contributed by atoms with Crippen LogP contribution in [0.1, 0.15) is 30.0 Å². The van der Waals surface area contributed by atoms with Crippen LogP contribution >= 0.6 is 0 Å². The first kappa shape index (κ1) is 17.6. The number of carbonyl (C=O) groups excluding carboxylic acids is 1. The van der Waals surface area contributed by atoms with Crippen molar-refractivity contribution in [3.05, 3.63) is 65.1 Å². The SMILES string of the molecule is O=C1N(Cc2cc[n+]([O-])cc2)c2ccccc2C(C2CC2)N1CC(F)(F)F. The molecule has 8 heteroatoms. The molecule has 1 aliphatic heterocycles. The monoisotopic (exact) mass is 377 g/mol. The van der Waals surface area contributed by atoms with E-state index in [0.717, 1.165) is 23.3 Å². The molecule has 0 spiro atoms. The Morgan fingerprint density at radius 1 is 1.11 bits per heavy atom. The van der Waals surface area contributed by atoms with Gasteiger partial charge >= 0.3 is 12.2 Å². The summed E-state index contributed by atoms with van der Waals surface area (Å²) in [6.45, 7) is -1.17. The van der Waals surface area contributed by atoms with Gasteiger partial charge in [-0.1, -0.05) is 18.2 Å². The van der Waals surface area contributed by atoms with Crippen molar-refractivity contribution in [2.45, 2.75) is 31.6 Å². The maximum absolute atomic E-state index is 13.2. The van der Waals surface area contributed by atoms with Crippen molar-refractivity contribution in [2.75, 3.05) is 11.4 Å². The number of amides is 2. The van der Waals surface area contributed by atoms with Gasteiger partial charge in [-0.3, -0.25) is 4.90 Å². The number of halogens is 3. The van der Waals surface area contributed by atoms with Crippen LogP contribution in [0.3, 0.4) is 0 Å². The van der Waals surface area contributed by atoms with E-state index in [1.807, 2.05) is 0 Å². The fourth-order valence-electron chi connectivity index (χ4n) is 3.69. The second kappa shape index (κ2) is 6.44. The highest BCUT2D eigenvalue weighted by atomic mass is 19.4. The van der Waals surface area contributed by atoms with Crippen LogP contribution in [0.2, 0.25) is 0 Å². The number of hydrogen-bond donors (Lipinski definition) is 0. The first-order valence-corrected chi connectivity index (χ1v) is 8.75. The predicted octanol–water partition coefficient (Wildman–Crippen LogP) is 3.78. The molecule has 4 rings (SSSR count). The fraction of sp³-hybridized carbons (Fsp3) is 0.368. The van der Waals surface area contributed by atoms with Gasteiger partial charge in [0, 0.05) is 12.1 Å². The molecule has 1 aromatic carbocycles. The molecule has 1 aromatic heterocycles. The van der Waals surface area contributed by atoms with Gasteiger partial charge in [0.05, 0.1) is 18.3 Å². The topological polar surface area (TPSA) is 50.5 Å². The van der Waals surface area contributed by atoms with Gasteiger partial charge in [0.25, 0.3) is 0 Å². The zero-order valence-corrected chi connectivity index (χ0v) is 14.4. The Morgan fingerprint density at radius 3 is 2.41 bits per heavy atom. The molecule has 0 radical (unpaired) electrons. The van der Waals surface area contributed by atoms with Crippen LogP contribution in [-0.4, -0.2) is 23.7 Å². The van der Waals surface area contributed by atoms with E-state index < -0.39 is 24.8 Å². The van der Waals surface area contributed by atoms with Gasteiger partial charge in [0.15, 0.2) is 12.4 Å². The highest BCUT2D eigenvalue weighted by Crippen LogP contribution is 2.50. The number of hydrogen-bond acceptors (Lipinski definition) is 2. The van der Waals surface area contributed by atoms with Crippen LogP contribution < -0.4 is 9.63 Å². The molecule has 2 heterocycles. The van der Waals surface area contributed by atoms with E-state index in [2.05, 4.69) is 0 Å². The van der Waals surface area contributed by atoms with Crippen LogP contribution in [0.25, 0.3) is 0 Å². The maximum Gasteiger partial charge on any atom is 0.406 e. The molecule has 142 valence electrons. The molecule has 5 nitrogen and oxygen atoms in total. The number of pyridine rings is 1. The lowest BCUT2D eigenvalue weighted by Crippen LogP contribution is -2.52. The maximum atomic E-state index is 13.2. The van der Waals surface area contributed by atoms with Gasteiger partial charge in [-0.05, 0) is 36.0 Å². The average molecular weight is 377 g/mol. The molecule has 1 unspecified atom stereocenters. The molecule has 1 aliphatic carbocycles. The van der Waals surface area contributed by atoms with E-state index in [4.69, 9.17) is 0 Å². The first-order chi connectivity index (χ1) is 12.8. The molecule has 0 saturated heterocycles. The number of anilines is 1. The summed E-state index contributed by atoms with van der Waals surface area (Å²) >= 11 is 0. The van der Waals surface area contributed by atoms with Gasteiger partial charge in [-0.2, -0.15) is 17.9 Å². The number of benzene rings is 1. The lowest BCUT2D eigenvalue weighted by Gasteiger charge is -2.43. The molecule has 1 fully saturated rings. The Bertz CT molecular complexity index is 850. The van der Waals surface area contributed by atoms with E-state index in [1.54, 1.807) is 36.4 Å². The summed E-state index contributed by atoms with van der Waals surface area (Å²) in [5, 5.41) is 11.2. The zero-order chi connectivity index (χ0) is 19.2. The number of para-hydroxylation sites is 1. The molecule has 1 saturated carbocycles. The summed E-state index contributed by atoms with van der Waals surface area (Å²) < 4.78 is 40.2. The van der Waals surface area contributed by atoms with Crippen molar-refractivity contribution in [1.82, 2.24) is 4.90 Å². The molecule has 0 bridgehead atoms. The van der Waals surface area contributed by atoms with Gasteiger partial charge in [-0.25, -0.2) is 4.79 Å². The van der Waals surface area contributed by atoms with Crippen LogP contribution in [0.15, 0.2) is 48.8 Å². The quantitative estimate of drug-likeness (QED) is 0.602. The smallest absolute Gasteiger partial charge is 0.406 e. The minimum Gasteiger partial charge on any atom is -0.619 e. The molecule has 2 aromatic rings. The Balaban J connectivity index is 1.74. The minimum absolute atomic E-state index is 0.0655. The number of aromatic nitrogens is 1. The van der Waals surface area contributed by atoms with Crippen molar-refractivity contribution in [1.29, 1.82) is 0 Å². The molecule has 2 amide bonds. The van der Waals surface area contributed by atoms with E-state index in [9.17, 15) is 23.2 Å². The lowest BCUT2D eigenvalue weighted by molar-refractivity contribution is -0.605. The largest absolute Gasteiger partial charge is 0.619 e. The van der Waals surface area contributed by atoms with Crippen molar-refractivity contribution in [3.63, 3.8) is 0 Å². The number of nitrogens with zero attached hydrogens (tertiary/aromatic N) is 3. The van der Waals surface area contributed by atoms with Gasteiger partial charge in [0.1, 0.15) is 6.54 Å². The second-order valence-electron chi connectivity index (χ2n) is 7.02. The highest BCUT2D eigenvalue weighted by Gasteiger charge is 2.48. The van der Waals surface area contributed by atoms with Crippen LogP contribution in [0.4, 0.5) is 23.7 Å². The molecular weight excluding hydrogens is 359 g/mol. The third-order valence-corrected chi connectivity index (χ3v) is 4.99. The normalized spacial score (nSPS) is 20.0. The van der Waals surface area contributed by atoms with E-state index in [1.165, 1.54) is 17.3 Å². The highest BCUT2D eigenvalue weighted by molar-refractivity contribution is 5.95. The standard InChI is InChI=1S/C19H18F3N3O2/c20-19(21,22)12-25-17(14-5-6-14)15-3-1-2-4-16(15)24(18(25)26)11-13-7-9-23(27)10-8-13/h1-4,7-10,14,17H,5-6,11-12H2. The number of urea groups is 1. The number of alkyl halides is 3. The summed E-state index contributed by atoms with van der Waals surface area (Å²) in [5.41, 5.74) is 2.05. The number of fused-ring (bicyclic) bond motifs is 1. The van der Waals surface area contributed by atoms with Crippen molar-refractivity contribution >= 4 is 11.7 Å². The summed E-state index contributed by atoms with van der Waals surface area (Å²) in [7, 11) is 0. The predicted molar refractivity (Wildman–Crippen MR) is 91.6 cm³/mol. The summed E-state index contributed by atoms with van der Waals surface area (Å²) in [5.74, 6) is 0.0655. The first-order valence-electron chi connectivity index (χ1n) is 8.75. The van der Waals surface area contributed by atoms with E-state index in [0.29, 0.717) is 16.0 Å². The van der Waals surface area contributed by atoms with Crippen LogP contribution in [0.5, 0.6) is 0 Å². The zero-order valence-electron chi connectivity index (χ0n) is 14.4. The van der Waals surface area contributed by atoms with Crippen LogP contribution in [-0.2, 0) is 6.54 Å². The summed E-state index contributed by atoms with van der Waals surface area (Å²) in [6, 6.07) is 9.05. The lowest BCUT2D eigenvalue weighted by atomic mass is 9.95. The molecular formula is C19H18F3N3O2. The third kappa shape index (κ3) is 3.56.